The lowest BCUT2D eigenvalue weighted by molar-refractivity contribution is 0.170. The number of pyridine rings is 2. The molecule has 332 valence electrons. The summed E-state index contributed by atoms with van der Waals surface area (Å²) in [6.45, 7) is 1.64. The molecule has 2 N–H and O–H groups in total. The number of ether oxygens (including phenoxy) is 4. The molecule has 16 nitrogen and oxygen atoms in total. The fourth-order valence-electron chi connectivity index (χ4n) is 7.37. The first-order valence-electron chi connectivity index (χ1n) is 20.9. The van der Waals surface area contributed by atoms with Crippen LogP contribution in [0.1, 0.15) is 24.0 Å². The predicted molar refractivity (Wildman–Crippen MR) is 247 cm³/mol. The van der Waals surface area contributed by atoms with Gasteiger partial charge in [-0.25, -0.2) is 19.2 Å². The van der Waals surface area contributed by atoms with Crippen molar-refractivity contribution in [2.75, 3.05) is 80.1 Å². The molecule has 0 fully saturated rings. The Balaban J connectivity index is 0.000000191. The van der Waals surface area contributed by atoms with Crippen LogP contribution in [0.15, 0.2) is 85.2 Å². The van der Waals surface area contributed by atoms with E-state index in [2.05, 4.69) is 20.6 Å². The molecule has 64 heavy (non-hydrogen) atoms. The summed E-state index contributed by atoms with van der Waals surface area (Å²) >= 11 is 0. The predicted octanol–water partition coefficient (Wildman–Crippen LogP) is 8.76. The number of anilines is 2. The maximum atomic E-state index is 12.5. The number of hydrogen-bond acceptors (Lipinski definition) is 12. The number of benzene rings is 4. The van der Waals surface area contributed by atoms with Gasteiger partial charge in [-0.05, 0) is 85.3 Å². The number of carbonyl (C=O) groups is 4. The van der Waals surface area contributed by atoms with E-state index >= 15 is 0 Å². The molecule has 4 heterocycles. The van der Waals surface area contributed by atoms with Crippen molar-refractivity contribution in [1.29, 1.82) is 0 Å². The molecule has 8 rings (SSSR count). The van der Waals surface area contributed by atoms with Gasteiger partial charge in [0.25, 0.3) is 0 Å². The number of nitrogens with one attached hydrogen (secondary N) is 2. The number of carbonyl (C=O) groups excluding carboxylic acids is 4. The van der Waals surface area contributed by atoms with Gasteiger partial charge in [0.2, 0.25) is 0 Å². The maximum absolute atomic E-state index is 12.5. The van der Waals surface area contributed by atoms with Crippen LogP contribution in [-0.4, -0.2) is 123 Å². The molecule has 0 aliphatic carbocycles. The molecular weight excluding hydrogens is 817 g/mol. The second kappa shape index (κ2) is 19.2. The highest BCUT2D eigenvalue weighted by Crippen LogP contribution is 2.50. The van der Waals surface area contributed by atoms with E-state index in [0.29, 0.717) is 33.7 Å². The number of hydrogen-bond donors (Lipinski definition) is 2. The second-order valence-corrected chi connectivity index (χ2v) is 16.1. The minimum atomic E-state index is -0.540. The Bertz CT molecular complexity index is 2570. The van der Waals surface area contributed by atoms with Crippen LogP contribution in [0.3, 0.4) is 0 Å². The number of aromatic nitrogens is 2. The molecule has 2 aromatic heterocycles. The molecular formula is C48H52N8O8. The van der Waals surface area contributed by atoms with Gasteiger partial charge in [-0.1, -0.05) is 24.3 Å². The number of rotatable bonds is 6. The van der Waals surface area contributed by atoms with Crippen molar-refractivity contribution in [3.63, 3.8) is 0 Å². The minimum Gasteiger partial charge on any atom is -0.409 e. The minimum absolute atomic E-state index is 0.287. The van der Waals surface area contributed by atoms with Crippen molar-refractivity contribution >= 4 is 57.6 Å². The highest BCUT2D eigenvalue weighted by molar-refractivity contribution is 6.08. The summed E-state index contributed by atoms with van der Waals surface area (Å²) in [6, 6.07) is 22.2. The molecule has 2 aliphatic heterocycles. The van der Waals surface area contributed by atoms with Gasteiger partial charge in [0.15, 0.2) is 0 Å². The quantitative estimate of drug-likeness (QED) is 0.164. The van der Waals surface area contributed by atoms with Gasteiger partial charge < -0.3 is 49.2 Å². The summed E-state index contributed by atoms with van der Waals surface area (Å²) in [5.74, 6) is 1.44. The van der Waals surface area contributed by atoms with Crippen LogP contribution in [0.25, 0.3) is 44.1 Å². The Morgan fingerprint density at radius 3 is 1.12 bits per heavy atom. The first kappa shape index (κ1) is 44.4. The molecule has 4 amide bonds. The van der Waals surface area contributed by atoms with E-state index in [-0.39, 0.29) is 11.5 Å². The smallest absolute Gasteiger partial charge is 0.409 e. The van der Waals surface area contributed by atoms with Crippen molar-refractivity contribution in [1.82, 2.24) is 29.6 Å². The molecule has 0 radical (unpaired) electrons. The van der Waals surface area contributed by atoms with Crippen molar-refractivity contribution < 1.29 is 38.1 Å². The van der Waals surface area contributed by atoms with Gasteiger partial charge in [-0.15, -0.1) is 0 Å². The average molecular weight is 869 g/mol. The second-order valence-electron chi connectivity index (χ2n) is 16.1. The van der Waals surface area contributed by atoms with Crippen LogP contribution in [0.4, 0.5) is 30.6 Å². The fourth-order valence-corrected chi connectivity index (χ4v) is 7.37. The maximum Gasteiger partial charge on any atom is 0.414 e. The van der Waals surface area contributed by atoms with Crippen LogP contribution in [0, 0.1) is 0 Å². The highest BCUT2D eigenvalue weighted by Gasteiger charge is 2.29. The SMILES string of the molecule is CN(C)C(=O)Oc1ccc2c(c1-c1c(OC(=O)N(C)C)ccc3c1NCCC3)NCCC2.CN(C)C(=O)Oc1ccc2cccnc2c1-c1c(OC(=O)N(C)C)ccc2cccnc12. The van der Waals surface area contributed by atoms with Crippen LogP contribution in [-0.2, 0) is 12.8 Å². The van der Waals surface area contributed by atoms with Crippen molar-refractivity contribution in [2.45, 2.75) is 25.7 Å². The Morgan fingerprint density at radius 1 is 0.453 bits per heavy atom. The zero-order chi connectivity index (χ0) is 45.7. The Kier molecular flexibility index (Phi) is 13.3. The summed E-state index contributed by atoms with van der Waals surface area (Å²) in [4.78, 5) is 64.4. The van der Waals surface area contributed by atoms with E-state index in [4.69, 9.17) is 18.9 Å². The Labute approximate surface area is 371 Å². The zero-order valence-electron chi connectivity index (χ0n) is 37.3. The van der Waals surface area contributed by atoms with Crippen molar-refractivity contribution in [3.8, 4) is 45.3 Å². The molecule has 0 unspecified atom stereocenters. The molecule has 16 heteroatoms. The lowest BCUT2D eigenvalue weighted by Gasteiger charge is -2.28. The number of amides is 4. The van der Waals surface area contributed by atoms with E-state index in [1.54, 1.807) is 80.9 Å². The number of nitrogens with zero attached hydrogens (tertiary/aromatic N) is 6. The van der Waals surface area contributed by atoms with Crippen LogP contribution < -0.4 is 29.6 Å². The van der Waals surface area contributed by atoms with E-state index in [1.807, 2.05) is 60.7 Å². The zero-order valence-corrected chi connectivity index (χ0v) is 37.3. The van der Waals surface area contributed by atoms with E-state index in [9.17, 15) is 19.2 Å². The van der Waals surface area contributed by atoms with Gasteiger partial charge in [-0.3, -0.25) is 9.97 Å². The third kappa shape index (κ3) is 9.40. The largest absolute Gasteiger partial charge is 0.414 e. The molecule has 2 aliphatic rings. The molecule has 0 spiro atoms. The molecule has 0 bridgehead atoms. The van der Waals surface area contributed by atoms with Gasteiger partial charge in [0.1, 0.15) is 23.0 Å². The summed E-state index contributed by atoms with van der Waals surface area (Å²) < 4.78 is 23.0. The van der Waals surface area contributed by atoms with Crippen LogP contribution in [0.5, 0.6) is 23.0 Å². The number of aryl methyl sites for hydroxylation is 2. The molecule has 6 aromatic rings. The van der Waals surface area contributed by atoms with Gasteiger partial charge in [-0.2, -0.15) is 0 Å². The first-order chi connectivity index (χ1) is 30.7. The molecule has 0 atom stereocenters. The van der Waals surface area contributed by atoms with E-state index in [1.165, 1.54) is 19.6 Å². The molecule has 0 saturated carbocycles. The molecule has 4 aromatic carbocycles. The van der Waals surface area contributed by atoms with E-state index in [0.717, 1.165) is 83.2 Å². The Morgan fingerprint density at radius 2 is 0.781 bits per heavy atom. The summed E-state index contributed by atoms with van der Waals surface area (Å²) in [6.07, 6.45) is 5.20. The highest BCUT2D eigenvalue weighted by atomic mass is 16.6. The lowest BCUT2D eigenvalue weighted by atomic mass is 9.89. The Hall–Kier alpha value is -7.62. The average Bonchev–Trinajstić information content (AvgIpc) is 3.29. The summed E-state index contributed by atoms with van der Waals surface area (Å²) in [5, 5.41) is 8.67. The molecule has 0 saturated heterocycles. The summed E-state index contributed by atoms with van der Waals surface area (Å²) in [5.41, 5.74) is 7.84. The fraction of sp³-hybridized carbons (Fsp3) is 0.292. The van der Waals surface area contributed by atoms with Crippen LogP contribution in [0.2, 0.25) is 0 Å². The van der Waals surface area contributed by atoms with Gasteiger partial charge >= 0.3 is 24.4 Å². The lowest BCUT2D eigenvalue weighted by Crippen LogP contribution is -2.27. The normalized spacial score (nSPS) is 12.5. The van der Waals surface area contributed by atoms with Crippen molar-refractivity contribution in [3.05, 3.63) is 96.3 Å². The monoisotopic (exact) mass is 868 g/mol. The number of fused-ring (bicyclic) bond motifs is 4. The van der Waals surface area contributed by atoms with Crippen molar-refractivity contribution in [2.24, 2.45) is 0 Å². The summed E-state index contributed by atoms with van der Waals surface area (Å²) in [7, 11) is 13.0. The van der Waals surface area contributed by atoms with Crippen LogP contribution >= 0.6 is 0 Å². The third-order valence-electron chi connectivity index (χ3n) is 10.6. The van der Waals surface area contributed by atoms with Gasteiger partial charge in [0.05, 0.1) is 33.3 Å². The topological polar surface area (TPSA) is 168 Å². The van der Waals surface area contributed by atoms with Gasteiger partial charge in [0, 0.05) is 104 Å². The third-order valence-corrected chi connectivity index (χ3v) is 10.6. The first-order valence-corrected chi connectivity index (χ1v) is 20.9. The standard InChI is InChI=1S/C24H30N4O4.C24H22N4O4/c2*1-27(2)23(29)31-17-11-9-15-7-5-13-25-21(15)19(17)20-18(32-24(30)28(3)4)12-10-16-8-6-14-26-22(16)20/h9-12,25-26H,5-8,13-14H2,1-4H3;5-14H,1-4H3. The van der Waals surface area contributed by atoms with E-state index < -0.39 is 24.4 Å².